The van der Waals surface area contributed by atoms with Crippen LogP contribution < -0.4 is 0 Å². The van der Waals surface area contributed by atoms with Crippen molar-refractivity contribution < 1.29 is 0 Å². The van der Waals surface area contributed by atoms with Crippen LogP contribution in [0.2, 0.25) is 0 Å². The van der Waals surface area contributed by atoms with E-state index in [1.54, 1.807) is 0 Å². The molecular weight excluding hydrogens is 196 g/mol. The molecule has 0 radical (unpaired) electrons. The second kappa shape index (κ2) is 3.49. The number of rotatable bonds is 1. The van der Waals surface area contributed by atoms with Crippen molar-refractivity contribution in [1.29, 1.82) is 0 Å². The maximum atomic E-state index is 4.49. The number of imidazole rings is 1. The van der Waals surface area contributed by atoms with Crippen LogP contribution in [-0.2, 0) is 0 Å². The van der Waals surface area contributed by atoms with E-state index in [0.29, 0.717) is 0 Å². The third-order valence-electron chi connectivity index (χ3n) is 2.82. The Bertz CT molecular complexity index is 638. The predicted molar refractivity (Wildman–Crippen MR) is 65.4 cm³/mol. The molecule has 0 aliphatic heterocycles. The number of aryl methyl sites for hydroxylation is 1. The molecule has 0 atom stereocenters. The number of benzene rings is 1. The summed E-state index contributed by atoms with van der Waals surface area (Å²) in [5.41, 5.74) is 3.56. The monoisotopic (exact) mass is 208 g/mol. The Balaban J connectivity index is 2.31. The Labute approximate surface area is 94.2 Å². The lowest BCUT2D eigenvalue weighted by Gasteiger charge is -2.04. The fourth-order valence-electron chi connectivity index (χ4n) is 1.97. The summed E-state index contributed by atoms with van der Waals surface area (Å²) >= 11 is 0. The molecule has 0 aliphatic rings. The zero-order valence-electron chi connectivity index (χ0n) is 9.09. The van der Waals surface area contributed by atoms with Gasteiger partial charge in [0, 0.05) is 11.8 Å². The molecule has 2 heterocycles. The molecule has 0 saturated carbocycles. The van der Waals surface area contributed by atoms with Gasteiger partial charge in [-0.2, -0.15) is 0 Å². The average molecular weight is 208 g/mol. The second-order valence-corrected chi connectivity index (χ2v) is 3.89. The van der Waals surface area contributed by atoms with E-state index in [9.17, 15) is 0 Å². The minimum Gasteiger partial charge on any atom is -0.300 e. The first-order chi connectivity index (χ1) is 7.86. The molecule has 0 saturated heterocycles. The van der Waals surface area contributed by atoms with E-state index in [1.165, 1.54) is 11.1 Å². The zero-order valence-corrected chi connectivity index (χ0v) is 9.09. The molecule has 3 rings (SSSR count). The summed E-state index contributed by atoms with van der Waals surface area (Å²) in [6.07, 6.45) is 3.95. The van der Waals surface area contributed by atoms with Crippen molar-refractivity contribution in [3.63, 3.8) is 0 Å². The lowest BCUT2D eigenvalue weighted by atomic mass is 10.1. The Morgan fingerprint density at radius 1 is 1.00 bits per heavy atom. The van der Waals surface area contributed by atoms with Crippen molar-refractivity contribution in [2.45, 2.75) is 6.92 Å². The van der Waals surface area contributed by atoms with Gasteiger partial charge in [-0.3, -0.25) is 4.40 Å². The number of nitrogens with zero attached hydrogens (tertiary/aromatic N) is 2. The molecule has 2 nitrogen and oxygen atoms in total. The van der Waals surface area contributed by atoms with Gasteiger partial charge in [0.1, 0.15) is 5.82 Å². The molecule has 0 unspecified atom stereocenters. The van der Waals surface area contributed by atoms with Crippen molar-refractivity contribution in [2.75, 3.05) is 0 Å². The molecule has 2 aromatic heterocycles. The smallest absolute Gasteiger partial charge is 0.144 e. The highest BCUT2D eigenvalue weighted by Crippen LogP contribution is 2.22. The number of hydrogen-bond acceptors (Lipinski definition) is 1. The highest BCUT2D eigenvalue weighted by molar-refractivity contribution is 5.65. The van der Waals surface area contributed by atoms with Gasteiger partial charge in [-0.05, 0) is 24.6 Å². The van der Waals surface area contributed by atoms with E-state index in [0.717, 1.165) is 11.3 Å². The molecular formula is C14H12N2. The lowest BCUT2D eigenvalue weighted by molar-refractivity contribution is 1.15. The van der Waals surface area contributed by atoms with Crippen molar-refractivity contribution in [3.05, 3.63) is 60.4 Å². The van der Waals surface area contributed by atoms with Crippen molar-refractivity contribution >= 4 is 5.52 Å². The largest absolute Gasteiger partial charge is 0.300 e. The maximum Gasteiger partial charge on any atom is 0.144 e. The topological polar surface area (TPSA) is 17.3 Å². The van der Waals surface area contributed by atoms with Crippen LogP contribution in [0.1, 0.15) is 5.56 Å². The summed E-state index contributed by atoms with van der Waals surface area (Å²) in [4.78, 5) is 4.49. The van der Waals surface area contributed by atoms with E-state index in [-0.39, 0.29) is 0 Å². The van der Waals surface area contributed by atoms with Crippen LogP contribution in [0.4, 0.5) is 0 Å². The van der Waals surface area contributed by atoms with Crippen LogP contribution in [-0.4, -0.2) is 9.38 Å². The fourth-order valence-corrected chi connectivity index (χ4v) is 1.97. The fraction of sp³-hybridized carbons (Fsp3) is 0.0714. The molecule has 0 bridgehead atoms. The standard InChI is InChI=1S/C14H12N2/c1-11-6-2-3-8-13(11)14-15-10-12-7-4-5-9-16(12)14/h2-10H,1H3. The van der Waals surface area contributed by atoms with E-state index < -0.39 is 0 Å². The molecule has 78 valence electrons. The number of fused-ring (bicyclic) bond motifs is 1. The summed E-state index contributed by atoms with van der Waals surface area (Å²) in [6, 6.07) is 14.4. The first-order valence-electron chi connectivity index (χ1n) is 5.34. The van der Waals surface area contributed by atoms with E-state index in [2.05, 4.69) is 40.6 Å². The van der Waals surface area contributed by atoms with Crippen LogP contribution >= 0.6 is 0 Å². The van der Waals surface area contributed by atoms with Gasteiger partial charge < -0.3 is 0 Å². The van der Waals surface area contributed by atoms with E-state index in [4.69, 9.17) is 0 Å². The lowest BCUT2D eigenvalue weighted by Crippen LogP contribution is -1.90. The van der Waals surface area contributed by atoms with Gasteiger partial charge in [0.05, 0.1) is 11.7 Å². The Morgan fingerprint density at radius 3 is 2.69 bits per heavy atom. The van der Waals surface area contributed by atoms with Gasteiger partial charge in [-0.1, -0.05) is 30.3 Å². The zero-order chi connectivity index (χ0) is 11.0. The molecule has 16 heavy (non-hydrogen) atoms. The van der Waals surface area contributed by atoms with Gasteiger partial charge in [-0.15, -0.1) is 0 Å². The number of pyridine rings is 1. The first kappa shape index (κ1) is 9.16. The van der Waals surface area contributed by atoms with Crippen LogP contribution in [0.5, 0.6) is 0 Å². The number of hydrogen-bond donors (Lipinski definition) is 0. The Kier molecular flexibility index (Phi) is 2.00. The van der Waals surface area contributed by atoms with Gasteiger partial charge in [0.15, 0.2) is 0 Å². The van der Waals surface area contributed by atoms with Crippen molar-refractivity contribution in [1.82, 2.24) is 9.38 Å². The van der Waals surface area contributed by atoms with Crippen molar-refractivity contribution in [2.24, 2.45) is 0 Å². The molecule has 1 aromatic carbocycles. The summed E-state index contributed by atoms with van der Waals surface area (Å²) in [6.45, 7) is 2.11. The SMILES string of the molecule is Cc1ccccc1-c1ncc2ccccn12. The summed E-state index contributed by atoms with van der Waals surface area (Å²) in [5, 5.41) is 0. The van der Waals surface area contributed by atoms with Crippen LogP contribution in [0.15, 0.2) is 54.9 Å². The molecule has 3 aromatic rings. The van der Waals surface area contributed by atoms with E-state index >= 15 is 0 Å². The van der Waals surface area contributed by atoms with Crippen LogP contribution in [0.25, 0.3) is 16.9 Å². The Morgan fingerprint density at radius 2 is 1.81 bits per heavy atom. The first-order valence-corrected chi connectivity index (χ1v) is 5.34. The molecule has 0 amide bonds. The molecule has 0 spiro atoms. The highest BCUT2D eigenvalue weighted by atomic mass is 15.0. The third kappa shape index (κ3) is 1.31. The van der Waals surface area contributed by atoms with Crippen molar-refractivity contribution in [3.8, 4) is 11.4 Å². The van der Waals surface area contributed by atoms with Gasteiger partial charge in [-0.25, -0.2) is 4.98 Å². The predicted octanol–water partition coefficient (Wildman–Crippen LogP) is 3.31. The molecule has 0 N–H and O–H groups in total. The molecule has 0 fully saturated rings. The van der Waals surface area contributed by atoms with Crippen LogP contribution in [0.3, 0.4) is 0 Å². The number of aromatic nitrogens is 2. The van der Waals surface area contributed by atoms with Crippen LogP contribution in [0, 0.1) is 6.92 Å². The normalized spacial score (nSPS) is 10.8. The Hall–Kier alpha value is -2.09. The van der Waals surface area contributed by atoms with Gasteiger partial charge in [0.2, 0.25) is 0 Å². The minimum atomic E-state index is 1.01. The highest BCUT2D eigenvalue weighted by Gasteiger charge is 2.06. The summed E-state index contributed by atoms with van der Waals surface area (Å²) in [5.74, 6) is 1.01. The third-order valence-corrected chi connectivity index (χ3v) is 2.82. The van der Waals surface area contributed by atoms with Gasteiger partial charge >= 0.3 is 0 Å². The van der Waals surface area contributed by atoms with Gasteiger partial charge in [0.25, 0.3) is 0 Å². The molecule has 0 aliphatic carbocycles. The minimum absolute atomic E-state index is 1.01. The molecule has 2 heteroatoms. The quantitative estimate of drug-likeness (QED) is 0.599. The summed E-state index contributed by atoms with van der Waals surface area (Å²) < 4.78 is 2.11. The van der Waals surface area contributed by atoms with E-state index in [1.807, 2.05) is 30.6 Å². The second-order valence-electron chi connectivity index (χ2n) is 3.89. The summed E-state index contributed by atoms with van der Waals surface area (Å²) in [7, 11) is 0. The average Bonchev–Trinajstić information content (AvgIpc) is 2.74. The maximum absolute atomic E-state index is 4.49.